The molecule has 1 atom stereocenters. The first kappa shape index (κ1) is 24.8. The van der Waals surface area contributed by atoms with Gasteiger partial charge in [-0.1, -0.05) is 50.1 Å². The molecule has 33 heavy (non-hydrogen) atoms. The van der Waals surface area contributed by atoms with E-state index < -0.39 is 0 Å². The third kappa shape index (κ3) is 7.61. The zero-order valence-electron chi connectivity index (χ0n) is 19.9. The van der Waals surface area contributed by atoms with Crippen molar-refractivity contribution in [3.8, 4) is 11.3 Å². The van der Waals surface area contributed by atoms with Crippen LogP contribution in [0.5, 0.6) is 0 Å². The van der Waals surface area contributed by atoms with Crippen LogP contribution < -0.4 is 0 Å². The van der Waals surface area contributed by atoms with E-state index >= 15 is 0 Å². The molecule has 0 amide bonds. The zero-order chi connectivity index (χ0) is 23.5. The molecule has 0 aliphatic heterocycles. The molecule has 0 fully saturated rings. The van der Waals surface area contributed by atoms with Crippen molar-refractivity contribution in [2.24, 2.45) is 0 Å². The number of aromatic nitrogens is 2. The number of hydrogen-bond acceptors (Lipinski definition) is 3. The second-order valence-electron chi connectivity index (χ2n) is 8.53. The summed E-state index contributed by atoms with van der Waals surface area (Å²) in [5, 5.41) is 0. The van der Waals surface area contributed by atoms with Crippen molar-refractivity contribution in [3.63, 3.8) is 0 Å². The third-order valence-corrected chi connectivity index (χ3v) is 5.70. The second kappa shape index (κ2) is 13.0. The van der Waals surface area contributed by atoms with Crippen molar-refractivity contribution in [2.75, 3.05) is 6.61 Å². The first-order valence-electron chi connectivity index (χ1n) is 12.1. The maximum absolute atomic E-state index is 14.8. The maximum atomic E-state index is 14.8. The van der Waals surface area contributed by atoms with Gasteiger partial charge in [0.25, 0.3) is 0 Å². The Kier molecular flexibility index (Phi) is 9.77. The summed E-state index contributed by atoms with van der Waals surface area (Å²) in [5.74, 6) is -0.289. The van der Waals surface area contributed by atoms with E-state index in [0.29, 0.717) is 17.4 Å². The molecule has 0 spiro atoms. The van der Waals surface area contributed by atoms with E-state index in [1.165, 1.54) is 12.8 Å². The van der Waals surface area contributed by atoms with Gasteiger partial charge in [-0.25, -0.2) is 9.37 Å². The number of unbranched alkanes of at least 4 members (excludes halogenated alkanes) is 3. The lowest BCUT2D eigenvalue weighted by Crippen LogP contribution is -2.08. The molecule has 3 rings (SSSR count). The molecular weight excluding hydrogens is 411 g/mol. The Labute approximate surface area is 197 Å². The molecule has 1 unspecified atom stereocenters. The Bertz CT molecular complexity index is 1080. The minimum absolute atomic E-state index is 0.289. The van der Waals surface area contributed by atoms with Crippen LogP contribution >= 0.6 is 0 Å². The largest absolute Gasteiger partial charge is 0.379 e. The molecule has 174 valence electrons. The van der Waals surface area contributed by atoms with Gasteiger partial charge in [0.15, 0.2) is 0 Å². The number of ether oxygens (including phenoxy) is 1. The quantitative estimate of drug-likeness (QED) is 0.197. The van der Waals surface area contributed by atoms with Crippen LogP contribution in [0.4, 0.5) is 4.39 Å². The molecule has 3 aromatic rings. The normalized spacial score (nSPS) is 12.5. The molecule has 0 aliphatic rings. The predicted molar refractivity (Wildman–Crippen MR) is 137 cm³/mol. The first-order chi connectivity index (χ1) is 16.1. The molecule has 1 heterocycles. The van der Waals surface area contributed by atoms with Crippen molar-refractivity contribution < 1.29 is 9.13 Å². The fourth-order valence-corrected chi connectivity index (χ4v) is 3.78. The molecule has 0 radical (unpaired) electrons. The van der Waals surface area contributed by atoms with Crippen LogP contribution in [0.2, 0.25) is 0 Å². The minimum atomic E-state index is -0.289. The Morgan fingerprint density at radius 1 is 1.09 bits per heavy atom. The molecule has 4 heteroatoms. The van der Waals surface area contributed by atoms with Gasteiger partial charge in [-0.2, -0.15) is 0 Å². The van der Waals surface area contributed by atoms with E-state index in [0.717, 1.165) is 60.9 Å². The number of benzene rings is 2. The molecule has 0 aliphatic carbocycles. The van der Waals surface area contributed by atoms with E-state index in [4.69, 9.17) is 4.74 Å². The van der Waals surface area contributed by atoms with Crippen LogP contribution in [-0.2, 0) is 11.2 Å². The number of allylic oxidation sites excluding steroid dienone is 2. The van der Waals surface area contributed by atoms with Gasteiger partial charge in [-0.05, 0) is 74.4 Å². The van der Waals surface area contributed by atoms with Crippen molar-refractivity contribution in [2.45, 2.75) is 64.9 Å². The molecule has 2 aromatic carbocycles. The highest BCUT2D eigenvalue weighted by Gasteiger charge is 2.09. The summed E-state index contributed by atoms with van der Waals surface area (Å²) in [7, 11) is 0. The van der Waals surface area contributed by atoms with Crippen LogP contribution in [0.3, 0.4) is 0 Å². The first-order valence-corrected chi connectivity index (χ1v) is 12.1. The van der Waals surface area contributed by atoms with Crippen LogP contribution in [0.15, 0.2) is 61.3 Å². The summed E-state index contributed by atoms with van der Waals surface area (Å²) in [6.07, 6.45) is 15.3. The van der Waals surface area contributed by atoms with Crippen LogP contribution in [0, 0.1) is 5.82 Å². The van der Waals surface area contributed by atoms with Crippen LogP contribution in [-0.4, -0.2) is 22.7 Å². The van der Waals surface area contributed by atoms with Crippen molar-refractivity contribution in [1.82, 2.24) is 9.97 Å². The highest BCUT2D eigenvalue weighted by molar-refractivity contribution is 5.78. The smallest absolute Gasteiger partial charge is 0.133 e. The van der Waals surface area contributed by atoms with Crippen LogP contribution in [0.1, 0.15) is 63.5 Å². The van der Waals surface area contributed by atoms with Gasteiger partial charge in [-0.15, -0.1) is 6.58 Å². The van der Waals surface area contributed by atoms with Gasteiger partial charge in [-0.3, -0.25) is 4.98 Å². The lowest BCUT2D eigenvalue weighted by molar-refractivity contribution is 0.0566. The van der Waals surface area contributed by atoms with Gasteiger partial charge in [0.2, 0.25) is 0 Å². The molecule has 1 aromatic heterocycles. The maximum Gasteiger partial charge on any atom is 0.133 e. The third-order valence-electron chi connectivity index (χ3n) is 5.70. The predicted octanol–water partition coefficient (Wildman–Crippen LogP) is 7.94. The average Bonchev–Trinajstić information content (AvgIpc) is 2.82. The summed E-state index contributed by atoms with van der Waals surface area (Å²) in [5.41, 5.74) is 4.55. The van der Waals surface area contributed by atoms with Crippen LogP contribution in [0.25, 0.3) is 28.4 Å². The Hall–Kier alpha value is -2.85. The molecule has 0 bridgehead atoms. The molecule has 3 nitrogen and oxygen atoms in total. The monoisotopic (exact) mass is 446 g/mol. The number of halogens is 1. The Morgan fingerprint density at radius 2 is 1.97 bits per heavy atom. The van der Waals surface area contributed by atoms with Gasteiger partial charge >= 0.3 is 0 Å². The fourth-order valence-electron chi connectivity index (χ4n) is 3.78. The summed E-state index contributed by atoms with van der Waals surface area (Å²) >= 11 is 0. The standard InChI is InChI=1S/C29H35FN2O/c1-4-6-10-18-33-22(3)12-8-7-9-13-24-14-16-25(26(30)19-24)29-21-31-28-20-23(11-5-2)15-17-27(28)32-29/h5,9,13-17,19-22H,2,4,6-8,10-12,18H2,1,3H3. The summed E-state index contributed by atoms with van der Waals surface area (Å²) in [6.45, 7) is 8.96. The van der Waals surface area contributed by atoms with Gasteiger partial charge in [0.1, 0.15) is 5.82 Å². The second-order valence-corrected chi connectivity index (χ2v) is 8.53. The highest BCUT2D eigenvalue weighted by Crippen LogP contribution is 2.24. The zero-order valence-corrected chi connectivity index (χ0v) is 19.9. The summed E-state index contributed by atoms with van der Waals surface area (Å²) in [6, 6.07) is 11.2. The molecule has 0 saturated carbocycles. The summed E-state index contributed by atoms with van der Waals surface area (Å²) < 4.78 is 20.7. The number of nitrogens with zero attached hydrogens (tertiary/aromatic N) is 2. The number of fused-ring (bicyclic) bond motifs is 1. The van der Waals surface area contributed by atoms with Crippen molar-refractivity contribution in [1.29, 1.82) is 0 Å². The van der Waals surface area contributed by atoms with Crippen molar-refractivity contribution >= 4 is 17.1 Å². The van der Waals surface area contributed by atoms with Gasteiger partial charge < -0.3 is 4.74 Å². The van der Waals surface area contributed by atoms with E-state index in [9.17, 15) is 4.39 Å². The number of rotatable bonds is 13. The van der Waals surface area contributed by atoms with E-state index in [2.05, 4.69) is 36.5 Å². The SMILES string of the molecule is C=CCc1ccc2nc(-c3ccc(C=CCCCC(C)OCCCCC)cc3F)cnc2c1. The molecule has 0 saturated heterocycles. The highest BCUT2D eigenvalue weighted by atomic mass is 19.1. The van der Waals surface area contributed by atoms with Gasteiger partial charge in [0, 0.05) is 12.2 Å². The topological polar surface area (TPSA) is 35.0 Å². The van der Waals surface area contributed by atoms with E-state index in [1.807, 2.05) is 36.4 Å². The summed E-state index contributed by atoms with van der Waals surface area (Å²) in [4.78, 5) is 9.10. The van der Waals surface area contributed by atoms with E-state index in [-0.39, 0.29) is 5.82 Å². The van der Waals surface area contributed by atoms with Gasteiger partial charge in [0.05, 0.1) is 29.0 Å². The Balaban J connectivity index is 1.55. The average molecular weight is 447 g/mol. The fraction of sp³-hybridized carbons (Fsp3) is 0.379. The van der Waals surface area contributed by atoms with Crippen molar-refractivity contribution in [3.05, 3.63) is 78.3 Å². The minimum Gasteiger partial charge on any atom is -0.379 e. The molecule has 0 N–H and O–H groups in total. The molecular formula is C29H35FN2O. The van der Waals surface area contributed by atoms with E-state index in [1.54, 1.807) is 18.3 Å². The lowest BCUT2D eigenvalue weighted by atomic mass is 10.1. The Morgan fingerprint density at radius 3 is 2.76 bits per heavy atom. The lowest BCUT2D eigenvalue weighted by Gasteiger charge is -2.12. The number of hydrogen-bond donors (Lipinski definition) is 0.